The molecular weight excluding hydrogens is 711 g/mol. The van der Waals surface area contributed by atoms with Gasteiger partial charge in [-0.25, -0.2) is 0 Å². The van der Waals surface area contributed by atoms with Crippen LogP contribution in [0.25, 0.3) is 77.5 Å². The average molecular weight is 752 g/mol. The molecule has 278 valence electrons. The third kappa shape index (κ3) is 7.12. The van der Waals surface area contributed by atoms with Gasteiger partial charge in [0.1, 0.15) is 0 Å². The Morgan fingerprint density at radius 3 is 1.10 bits per heavy atom. The normalized spacial score (nSPS) is 11.1. The number of benzene rings is 10. The van der Waals surface area contributed by atoms with Crippen LogP contribution in [-0.4, -0.2) is 0 Å². The number of hydrogen-bond donors (Lipinski definition) is 0. The van der Waals surface area contributed by atoms with Crippen molar-refractivity contribution < 1.29 is 0 Å². The molecule has 10 rings (SSSR count). The molecule has 0 spiro atoms. The van der Waals surface area contributed by atoms with Crippen LogP contribution in [0.3, 0.4) is 0 Å². The number of nitrogens with zero attached hydrogens (tertiary/aromatic N) is 1. The monoisotopic (exact) mass is 751 g/mol. The highest BCUT2D eigenvalue weighted by Crippen LogP contribution is 2.43. The fourth-order valence-electron chi connectivity index (χ4n) is 8.48. The molecule has 10 aromatic rings. The second kappa shape index (κ2) is 16.0. The lowest BCUT2D eigenvalue weighted by Crippen LogP contribution is -2.10. The van der Waals surface area contributed by atoms with Crippen molar-refractivity contribution >= 4 is 27.8 Å². The number of rotatable bonds is 9. The van der Waals surface area contributed by atoms with Crippen molar-refractivity contribution in [2.45, 2.75) is 0 Å². The highest BCUT2D eigenvalue weighted by atomic mass is 15.1. The Kier molecular flexibility index (Phi) is 9.68. The van der Waals surface area contributed by atoms with E-state index in [0.717, 1.165) is 22.6 Å². The lowest BCUT2D eigenvalue weighted by molar-refractivity contribution is 1.28. The van der Waals surface area contributed by atoms with Gasteiger partial charge in [0.15, 0.2) is 0 Å². The quantitative estimate of drug-likeness (QED) is 0.142. The van der Waals surface area contributed by atoms with E-state index in [-0.39, 0.29) is 0 Å². The van der Waals surface area contributed by atoms with E-state index in [0.29, 0.717) is 0 Å². The highest BCUT2D eigenvalue weighted by molar-refractivity contribution is 6.06. The summed E-state index contributed by atoms with van der Waals surface area (Å²) in [5.41, 5.74) is 17.7. The van der Waals surface area contributed by atoms with Crippen molar-refractivity contribution in [2.24, 2.45) is 0 Å². The van der Waals surface area contributed by atoms with Crippen molar-refractivity contribution in [3.63, 3.8) is 0 Å². The van der Waals surface area contributed by atoms with Crippen LogP contribution >= 0.6 is 0 Å². The molecule has 0 N–H and O–H groups in total. The van der Waals surface area contributed by atoms with Gasteiger partial charge in [-0.15, -0.1) is 0 Å². The Bertz CT molecular complexity index is 3000. The molecule has 1 heteroatoms. The van der Waals surface area contributed by atoms with Crippen molar-refractivity contribution in [2.75, 3.05) is 4.90 Å². The van der Waals surface area contributed by atoms with Gasteiger partial charge in [0, 0.05) is 17.1 Å². The lowest BCUT2D eigenvalue weighted by atomic mass is 9.89. The summed E-state index contributed by atoms with van der Waals surface area (Å²) < 4.78 is 0. The van der Waals surface area contributed by atoms with Crippen LogP contribution in [0, 0.1) is 0 Å². The molecule has 0 bridgehead atoms. The van der Waals surface area contributed by atoms with Crippen molar-refractivity contribution in [3.05, 3.63) is 249 Å². The molecule has 0 saturated carbocycles. The van der Waals surface area contributed by atoms with E-state index in [1.54, 1.807) is 0 Å². The zero-order valence-electron chi connectivity index (χ0n) is 32.6. The maximum Gasteiger partial charge on any atom is 0.0467 e. The minimum atomic E-state index is 1.09. The zero-order chi connectivity index (χ0) is 39.4. The van der Waals surface area contributed by atoms with Gasteiger partial charge in [0.2, 0.25) is 0 Å². The first kappa shape index (κ1) is 35.7. The first-order valence-corrected chi connectivity index (χ1v) is 20.3. The minimum Gasteiger partial charge on any atom is -0.310 e. The van der Waals surface area contributed by atoms with E-state index >= 15 is 0 Å². The maximum absolute atomic E-state index is 2.38. The Hall–Kier alpha value is -7.74. The van der Waals surface area contributed by atoms with Gasteiger partial charge in [0.25, 0.3) is 0 Å². The fourth-order valence-corrected chi connectivity index (χ4v) is 8.48. The first-order chi connectivity index (χ1) is 29.3. The molecule has 0 unspecified atom stereocenters. The second-order valence-corrected chi connectivity index (χ2v) is 14.9. The van der Waals surface area contributed by atoms with Crippen LogP contribution in [0.15, 0.2) is 249 Å². The van der Waals surface area contributed by atoms with E-state index in [9.17, 15) is 0 Å². The first-order valence-electron chi connectivity index (χ1n) is 20.3. The third-order valence-electron chi connectivity index (χ3n) is 11.3. The molecule has 10 aromatic carbocycles. The molecule has 0 aliphatic heterocycles. The van der Waals surface area contributed by atoms with E-state index in [4.69, 9.17) is 0 Å². The van der Waals surface area contributed by atoms with Gasteiger partial charge in [0.05, 0.1) is 0 Å². The molecule has 0 heterocycles. The van der Waals surface area contributed by atoms with Gasteiger partial charge in [-0.1, -0.05) is 212 Å². The van der Waals surface area contributed by atoms with Crippen LogP contribution in [0.5, 0.6) is 0 Å². The predicted molar refractivity (Wildman–Crippen MR) is 251 cm³/mol. The van der Waals surface area contributed by atoms with Gasteiger partial charge in [-0.3, -0.25) is 0 Å². The van der Waals surface area contributed by atoms with Gasteiger partial charge in [-0.2, -0.15) is 0 Å². The van der Waals surface area contributed by atoms with Gasteiger partial charge >= 0.3 is 0 Å². The smallest absolute Gasteiger partial charge is 0.0467 e. The summed E-state index contributed by atoms with van der Waals surface area (Å²) in [5.74, 6) is 0. The second-order valence-electron chi connectivity index (χ2n) is 14.9. The summed E-state index contributed by atoms with van der Waals surface area (Å²) in [6, 6.07) is 89.7. The molecule has 0 aliphatic carbocycles. The van der Waals surface area contributed by atoms with E-state index in [1.807, 2.05) is 0 Å². The molecule has 0 atom stereocenters. The van der Waals surface area contributed by atoms with Gasteiger partial charge in [-0.05, 0) is 114 Å². The summed E-state index contributed by atoms with van der Waals surface area (Å²) in [6.07, 6.45) is 0. The van der Waals surface area contributed by atoms with Crippen LogP contribution in [0.2, 0.25) is 0 Å². The van der Waals surface area contributed by atoms with Crippen LogP contribution in [-0.2, 0) is 0 Å². The predicted octanol–water partition coefficient (Wildman–Crippen LogP) is 16.3. The Labute approximate surface area is 346 Å². The topological polar surface area (TPSA) is 3.24 Å². The summed E-state index contributed by atoms with van der Waals surface area (Å²) in [7, 11) is 0. The molecule has 0 amide bonds. The van der Waals surface area contributed by atoms with Crippen molar-refractivity contribution in [1.82, 2.24) is 0 Å². The average Bonchev–Trinajstić information content (AvgIpc) is 3.33. The molecule has 0 aromatic heterocycles. The SMILES string of the molecule is c1ccc(-c2ccc(N(c3ccc(-c4cccc5cccc(-c6ccccc6)c45)cc3)c3cccc(-c4ccccc4-c4ccccc4-c4ccccc4)c3)cc2)cc1. The Balaban J connectivity index is 1.08. The zero-order valence-corrected chi connectivity index (χ0v) is 32.6. The fraction of sp³-hybridized carbons (Fsp3) is 0. The number of anilines is 3. The third-order valence-corrected chi connectivity index (χ3v) is 11.3. The highest BCUT2D eigenvalue weighted by Gasteiger charge is 2.18. The van der Waals surface area contributed by atoms with Crippen LogP contribution < -0.4 is 4.90 Å². The van der Waals surface area contributed by atoms with Crippen molar-refractivity contribution in [3.8, 4) is 66.8 Å². The largest absolute Gasteiger partial charge is 0.310 e. The van der Waals surface area contributed by atoms with Crippen LogP contribution in [0.1, 0.15) is 0 Å². The molecule has 0 saturated heterocycles. The van der Waals surface area contributed by atoms with Gasteiger partial charge < -0.3 is 4.90 Å². The summed E-state index contributed by atoms with van der Waals surface area (Å²) in [4.78, 5) is 2.38. The number of fused-ring (bicyclic) bond motifs is 1. The number of hydrogen-bond acceptors (Lipinski definition) is 1. The van der Waals surface area contributed by atoms with Crippen LogP contribution in [0.4, 0.5) is 17.1 Å². The minimum absolute atomic E-state index is 1.09. The molecular formula is C58H41N. The summed E-state index contributed by atoms with van der Waals surface area (Å²) >= 11 is 0. The summed E-state index contributed by atoms with van der Waals surface area (Å²) in [6.45, 7) is 0. The van der Waals surface area contributed by atoms with E-state index in [1.165, 1.54) is 72.0 Å². The molecule has 0 radical (unpaired) electrons. The molecule has 59 heavy (non-hydrogen) atoms. The standard InChI is InChI=1S/C58H41N/c1-4-17-42(18-5-1)43-33-37-49(38-34-43)59(50-39-35-46(36-40-50)55-32-16-24-47-23-15-31-54(58(47)55)45-21-8-3-9-22-45)51-26-14-25-48(41-51)53-28-11-13-30-57(53)56-29-12-10-27-52(56)44-19-6-2-7-20-44/h1-41H. The maximum atomic E-state index is 2.38. The molecule has 0 aliphatic rings. The van der Waals surface area contributed by atoms with E-state index in [2.05, 4.69) is 254 Å². The lowest BCUT2D eigenvalue weighted by Gasteiger charge is -2.27. The van der Waals surface area contributed by atoms with E-state index < -0.39 is 0 Å². The summed E-state index contributed by atoms with van der Waals surface area (Å²) in [5, 5.41) is 2.50. The van der Waals surface area contributed by atoms with Crippen molar-refractivity contribution in [1.29, 1.82) is 0 Å². The molecule has 0 fully saturated rings. The molecule has 1 nitrogen and oxygen atoms in total. The Morgan fingerprint density at radius 2 is 0.559 bits per heavy atom. The Morgan fingerprint density at radius 1 is 0.203 bits per heavy atom.